The van der Waals surface area contributed by atoms with Crippen LogP contribution in [0.25, 0.3) is 0 Å². The van der Waals surface area contributed by atoms with Crippen molar-refractivity contribution in [3.8, 4) is 5.75 Å². The van der Waals surface area contributed by atoms with Crippen LogP contribution in [0.5, 0.6) is 5.75 Å². The number of carbonyl (C=O) groups excluding carboxylic acids is 1. The molecule has 0 aliphatic heterocycles. The SMILES string of the molecule is C/C=C(\C=C\C(=O)OCC)Oc1ccc([N+](=O)[O-])cc1. The Morgan fingerprint density at radius 3 is 2.45 bits per heavy atom. The second-order valence-corrected chi connectivity index (χ2v) is 3.63. The van der Waals surface area contributed by atoms with Crippen molar-refractivity contribution in [3.05, 3.63) is 58.4 Å². The van der Waals surface area contributed by atoms with Crippen molar-refractivity contribution in [2.45, 2.75) is 13.8 Å². The van der Waals surface area contributed by atoms with Crippen molar-refractivity contribution in [3.63, 3.8) is 0 Å². The summed E-state index contributed by atoms with van der Waals surface area (Å²) in [5.41, 5.74) is -0.0126. The van der Waals surface area contributed by atoms with Gasteiger partial charge in [-0.05, 0) is 38.1 Å². The van der Waals surface area contributed by atoms with Crippen molar-refractivity contribution < 1.29 is 19.2 Å². The van der Waals surface area contributed by atoms with E-state index in [-0.39, 0.29) is 5.69 Å². The van der Waals surface area contributed by atoms with Gasteiger partial charge in [0.15, 0.2) is 0 Å². The summed E-state index contributed by atoms with van der Waals surface area (Å²) in [5.74, 6) is 0.420. The summed E-state index contributed by atoms with van der Waals surface area (Å²) in [6.45, 7) is 3.77. The lowest BCUT2D eigenvalue weighted by Crippen LogP contribution is -2.00. The van der Waals surface area contributed by atoms with Gasteiger partial charge in [-0.3, -0.25) is 10.1 Å². The van der Waals surface area contributed by atoms with Crippen molar-refractivity contribution in [2.24, 2.45) is 0 Å². The molecule has 0 bridgehead atoms. The van der Waals surface area contributed by atoms with Crippen molar-refractivity contribution in [2.75, 3.05) is 6.61 Å². The summed E-state index contributed by atoms with van der Waals surface area (Å²) in [6.07, 6.45) is 4.39. The van der Waals surface area contributed by atoms with Gasteiger partial charge in [0.2, 0.25) is 0 Å². The maximum absolute atomic E-state index is 11.2. The highest BCUT2D eigenvalue weighted by Gasteiger charge is 2.05. The number of hydrogen-bond acceptors (Lipinski definition) is 5. The van der Waals surface area contributed by atoms with E-state index in [0.29, 0.717) is 18.1 Å². The first kappa shape index (κ1) is 15.4. The number of rotatable bonds is 6. The van der Waals surface area contributed by atoms with Crippen LogP contribution in [0.2, 0.25) is 0 Å². The number of benzene rings is 1. The van der Waals surface area contributed by atoms with Crippen LogP contribution < -0.4 is 4.74 Å². The molecule has 20 heavy (non-hydrogen) atoms. The molecule has 0 amide bonds. The summed E-state index contributed by atoms with van der Waals surface area (Å²) >= 11 is 0. The lowest BCUT2D eigenvalue weighted by molar-refractivity contribution is -0.384. The highest BCUT2D eigenvalue weighted by Crippen LogP contribution is 2.19. The average Bonchev–Trinajstić information content (AvgIpc) is 2.44. The molecule has 0 aromatic heterocycles. The summed E-state index contributed by atoms with van der Waals surface area (Å²) in [4.78, 5) is 21.2. The summed E-state index contributed by atoms with van der Waals surface area (Å²) in [7, 11) is 0. The van der Waals surface area contributed by atoms with Crippen LogP contribution in [-0.4, -0.2) is 17.5 Å². The first-order valence-electron chi connectivity index (χ1n) is 6.00. The average molecular weight is 277 g/mol. The summed E-state index contributed by atoms with van der Waals surface area (Å²) < 4.78 is 10.2. The number of esters is 1. The third kappa shape index (κ3) is 4.93. The van der Waals surface area contributed by atoms with Gasteiger partial charge in [-0.2, -0.15) is 0 Å². The molecule has 6 nitrogen and oxygen atoms in total. The maximum atomic E-state index is 11.2. The second kappa shape index (κ2) is 7.73. The third-order valence-corrected chi connectivity index (χ3v) is 2.24. The monoisotopic (exact) mass is 277 g/mol. The van der Waals surface area contributed by atoms with Gasteiger partial charge in [0.25, 0.3) is 5.69 Å². The van der Waals surface area contributed by atoms with E-state index in [4.69, 9.17) is 9.47 Å². The Hall–Kier alpha value is -2.63. The molecule has 1 aromatic carbocycles. The molecule has 0 radical (unpaired) electrons. The minimum absolute atomic E-state index is 0.0126. The van der Waals surface area contributed by atoms with Gasteiger partial charge in [0.05, 0.1) is 11.5 Å². The fourth-order valence-corrected chi connectivity index (χ4v) is 1.30. The smallest absolute Gasteiger partial charge is 0.330 e. The van der Waals surface area contributed by atoms with Gasteiger partial charge in [0.1, 0.15) is 11.5 Å². The number of allylic oxidation sites excluding steroid dienone is 2. The normalized spacial score (nSPS) is 11.4. The minimum Gasteiger partial charge on any atom is -0.463 e. The first-order chi connectivity index (χ1) is 9.56. The molecule has 0 saturated carbocycles. The Morgan fingerprint density at radius 2 is 1.95 bits per heavy atom. The number of non-ortho nitro benzene ring substituents is 1. The zero-order chi connectivity index (χ0) is 15.0. The van der Waals surface area contributed by atoms with E-state index in [9.17, 15) is 14.9 Å². The number of carbonyl (C=O) groups is 1. The highest BCUT2D eigenvalue weighted by molar-refractivity contribution is 5.82. The van der Waals surface area contributed by atoms with Gasteiger partial charge in [-0.1, -0.05) is 0 Å². The van der Waals surface area contributed by atoms with Crippen molar-refractivity contribution in [1.29, 1.82) is 0 Å². The van der Waals surface area contributed by atoms with E-state index in [1.165, 1.54) is 36.4 Å². The second-order valence-electron chi connectivity index (χ2n) is 3.63. The molecule has 0 atom stereocenters. The van der Waals surface area contributed by atoms with E-state index < -0.39 is 10.9 Å². The lowest BCUT2D eigenvalue weighted by atomic mass is 10.3. The Morgan fingerprint density at radius 1 is 1.30 bits per heavy atom. The molecule has 1 aromatic rings. The minimum atomic E-state index is -0.485. The number of hydrogen-bond donors (Lipinski definition) is 0. The molecule has 0 spiro atoms. The van der Waals surface area contributed by atoms with Gasteiger partial charge < -0.3 is 9.47 Å². The molecule has 0 saturated heterocycles. The Kier molecular flexibility index (Phi) is 5.96. The number of nitro benzene ring substituents is 1. The number of nitro groups is 1. The Bertz CT molecular complexity index is 531. The van der Waals surface area contributed by atoms with E-state index in [1.54, 1.807) is 19.9 Å². The molecule has 1 rings (SSSR count). The molecule has 0 aliphatic carbocycles. The van der Waals surface area contributed by atoms with Crippen LogP contribution in [0.1, 0.15) is 13.8 Å². The van der Waals surface area contributed by atoms with Crippen LogP contribution in [0.4, 0.5) is 5.69 Å². The number of ether oxygens (including phenoxy) is 2. The number of nitrogens with zero attached hydrogens (tertiary/aromatic N) is 1. The van der Waals surface area contributed by atoms with Crippen molar-refractivity contribution in [1.82, 2.24) is 0 Å². The Balaban J connectivity index is 2.69. The van der Waals surface area contributed by atoms with E-state index in [2.05, 4.69) is 0 Å². The largest absolute Gasteiger partial charge is 0.463 e. The fraction of sp³-hybridized carbons (Fsp3) is 0.214. The zero-order valence-electron chi connectivity index (χ0n) is 11.2. The molecule has 0 aliphatic rings. The Labute approximate surface area is 116 Å². The first-order valence-corrected chi connectivity index (χ1v) is 6.00. The van der Waals surface area contributed by atoms with Crippen LogP contribution >= 0.6 is 0 Å². The van der Waals surface area contributed by atoms with Gasteiger partial charge in [-0.25, -0.2) is 4.79 Å². The van der Waals surface area contributed by atoms with Crippen LogP contribution in [0, 0.1) is 10.1 Å². The fourth-order valence-electron chi connectivity index (χ4n) is 1.30. The van der Waals surface area contributed by atoms with E-state index in [0.717, 1.165) is 0 Å². The molecule has 0 heterocycles. The van der Waals surface area contributed by atoms with Crippen LogP contribution in [-0.2, 0) is 9.53 Å². The van der Waals surface area contributed by atoms with Gasteiger partial charge >= 0.3 is 5.97 Å². The zero-order valence-corrected chi connectivity index (χ0v) is 11.2. The highest BCUT2D eigenvalue weighted by atomic mass is 16.6. The quantitative estimate of drug-likeness (QED) is 0.199. The lowest BCUT2D eigenvalue weighted by Gasteiger charge is -2.05. The molecule has 0 N–H and O–H groups in total. The third-order valence-electron chi connectivity index (χ3n) is 2.24. The molecular formula is C14H15NO5. The van der Waals surface area contributed by atoms with Crippen molar-refractivity contribution >= 4 is 11.7 Å². The summed E-state index contributed by atoms with van der Waals surface area (Å²) in [5, 5.41) is 10.5. The van der Waals surface area contributed by atoms with E-state index >= 15 is 0 Å². The van der Waals surface area contributed by atoms with Crippen LogP contribution in [0.15, 0.2) is 48.3 Å². The standard InChI is InChI=1S/C14H15NO5/c1-3-12(9-10-14(16)19-4-2)20-13-7-5-11(6-8-13)15(17)18/h3,5-10H,4H2,1-2H3/b10-9+,12-3+. The molecule has 6 heteroatoms. The summed E-state index contributed by atoms with van der Waals surface area (Å²) in [6, 6.07) is 5.66. The van der Waals surface area contributed by atoms with Gasteiger partial charge in [-0.15, -0.1) is 0 Å². The molecular weight excluding hydrogens is 262 g/mol. The predicted molar refractivity (Wildman–Crippen MR) is 73.3 cm³/mol. The predicted octanol–water partition coefficient (Wildman–Crippen LogP) is 3.00. The van der Waals surface area contributed by atoms with Gasteiger partial charge in [0, 0.05) is 18.2 Å². The molecule has 106 valence electrons. The molecule has 0 fully saturated rings. The maximum Gasteiger partial charge on any atom is 0.330 e. The van der Waals surface area contributed by atoms with E-state index in [1.807, 2.05) is 0 Å². The topological polar surface area (TPSA) is 78.7 Å². The van der Waals surface area contributed by atoms with Crippen LogP contribution in [0.3, 0.4) is 0 Å². The molecule has 0 unspecified atom stereocenters.